The highest BCUT2D eigenvalue weighted by atomic mass is 16.5. The van der Waals surface area contributed by atoms with Crippen molar-refractivity contribution in [1.82, 2.24) is 0 Å². The van der Waals surface area contributed by atoms with E-state index in [9.17, 15) is 0 Å². The molecule has 0 unspecified atom stereocenters. The Labute approximate surface area is 60.7 Å². The van der Waals surface area contributed by atoms with E-state index in [4.69, 9.17) is 10.8 Å². The molecule has 0 saturated heterocycles. The van der Waals surface area contributed by atoms with Gasteiger partial charge in [-0.1, -0.05) is 0 Å². The highest BCUT2D eigenvalue weighted by Gasteiger charge is 1.86. The summed E-state index contributed by atoms with van der Waals surface area (Å²) in [5, 5.41) is 8.26. The van der Waals surface area contributed by atoms with E-state index in [0.717, 1.165) is 0 Å². The lowest BCUT2D eigenvalue weighted by Crippen LogP contribution is -2.04. The van der Waals surface area contributed by atoms with Crippen LogP contribution in [0.2, 0.25) is 0 Å². The summed E-state index contributed by atoms with van der Waals surface area (Å²) in [6.07, 6.45) is 1.45. The molecule has 0 aliphatic carbocycles. The van der Waals surface area contributed by atoms with Gasteiger partial charge in [0, 0.05) is 0 Å². The summed E-state index contributed by atoms with van der Waals surface area (Å²) in [6, 6.07) is 0. The van der Waals surface area contributed by atoms with Crippen molar-refractivity contribution >= 4 is 13.5 Å². The monoisotopic (exact) mass is 142 g/mol. The predicted octanol–water partition coefficient (Wildman–Crippen LogP) is -0.500. The van der Waals surface area contributed by atoms with Gasteiger partial charge in [-0.15, -0.1) is 0 Å². The summed E-state index contributed by atoms with van der Waals surface area (Å²) in [7, 11) is -0.332. The molecule has 0 amide bonds. The number of nitrogens with zero attached hydrogens (tertiary/aromatic N) is 1. The quantitative estimate of drug-likeness (QED) is 0.241. The largest absolute Gasteiger partial charge is 0.541 e. The lowest BCUT2D eigenvalue weighted by Gasteiger charge is -1.97. The summed E-state index contributed by atoms with van der Waals surface area (Å²) in [4.78, 5) is 3.74. The minimum atomic E-state index is -0.332. The molecule has 0 heterocycles. The van der Waals surface area contributed by atoms with Crippen LogP contribution in [0, 0.1) is 0 Å². The van der Waals surface area contributed by atoms with Gasteiger partial charge in [0.05, 0.1) is 17.8 Å². The zero-order chi connectivity index (χ0) is 7.98. The summed E-state index contributed by atoms with van der Waals surface area (Å²) >= 11 is 0. The summed E-state index contributed by atoms with van der Waals surface area (Å²) in [6.45, 7) is 3.35. The van der Waals surface area contributed by atoms with Crippen LogP contribution in [0.25, 0.3) is 0 Å². The van der Waals surface area contributed by atoms with Gasteiger partial charge in [0.2, 0.25) is 0 Å². The summed E-state index contributed by atoms with van der Waals surface area (Å²) in [5.74, 6) is 0.994. The molecule has 0 atom stereocenters. The second-order valence-electron chi connectivity index (χ2n) is 1.78. The standard InChI is InChI=1S/C5H11BN2O2/c1-4(10-6-9)3-8-5(2)7/h3,6,9H,1-2H3,(H2,7,8)/b4-3+. The van der Waals surface area contributed by atoms with Gasteiger partial charge in [0.15, 0.2) is 0 Å². The first-order valence-electron chi connectivity index (χ1n) is 2.87. The Hall–Kier alpha value is -0.965. The van der Waals surface area contributed by atoms with E-state index < -0.39 is 0 Å². The van der Waals surface area contributed by atoms with Crippen molar-refractivity contribution in [3.05, 3.63) is 12.0 Å². The van der Waals surface area contributed by atoms with Crippen LogP contribution in [0.15, 0.2) is 17.0 Å². The molecular formula is C5H11BN2O2. The molecule has 0 fully saturated rings. The van der Waals surface area contributed by atoms with E-state index in [1.54, 1.807) is 13.8 Å². The molecule has 0 spiro atoms. The van der Waals surface area contributed by atoms with Gasteiger partial charge < -0.3 is 15.4 Å². The van der Waals surface area contributed by atoms with Crippen molar-refractivity contribution in [2.75, 3.05) is 0 Å². The summed E-state index contributed by atoms with van der Waals surface area (Å²) in [5.41, 5.74) is 5.22. The van der Waals surface area contributed by atoms with Crippen LogP contribution in [-0.4, -0.2) is 18.5 Å². The van der Waals surface area contributed by atoms with Crippen molar-refractivity contribution in [3.63, 3.8) is 0 Å². The van der Waals surface area contributed by atoms with Crippen molar-refractivity contribution in [2.45, 2.75) is 13.8 Å². The molecule has 0 saturated carbocycles. The fraction of sp³-hybridized carbons (Fsp3) is 0.400. The molecule has 56 valence electrons. The molecule has 0 bridgehead atoms. The first-order valence-corrected chi connectivity index (χ1v) is 2.87. The minimum absolute atomic E-state index is 0.332. The molecule has 0 aliphatic rings. The highest BCUT2D eigenvalue weighted by molar-refractivity contribution is 6.16. The Morgan fingerprint density at radius 3 is 2.70 bits per heavy atom. The Morgan fingerprint density at radius 1 is 1.70 bits per heavy atom. The SMILES string of the molecule is C/C(=C\N=C(/C)N)OBO. The van der Waals surface area contributed by atoms with Crippen molar-refractivity contribution in [1.29, 1.82) is 0 Å². The van der Waals surface area contributed by atoms with E-state index in [1.165, 1.54) is 6.20 Å². The second-order valence-corrected chi connectivity index (χ2v) is 1.78. The molecular weight excluding hydrogens is 131 g/mol. The predicted molar refractivity (Wildman–Crippen MR) is 41.5 cm³/mol. The van der Waals surface area contributed by atoms with Crippen molar-refractivity contribution in [3.8, 4) is 0 Å². The molecule has 0 aromatic carbocycles. The maximum atomic E-state index is 8.26. The maximum absolute atomic E-state index is 8.26. The fourth-order valence-electron chi connectivity index (χ4n) is 0.332. The van der Waals surface area contributed by atoms with E-state index >= 15 is 0 Å². The zero-order valence-corrected chi connectivity index (χ0v) is 6.16. The Kier molecular flexibility index (Phi) is 4.40. The topological polar surface area (TPSA) is 67.8 Å². The number of nitrogens with two attached hydrogens (primary N) is 1. The van der Waals surface area contributed by atoms with Gasteiger partial charge in [-0.25, -0.2) is 4.99 Å². The third kappa shape index (κ3) is 5.18. The van der Waals surface area contributed by atoms with Gasteiger partial charge in [-0.2, -0.15) is 0 Å². The molecule has 0 aliphatic heterocycles. The first kappa shape index (κ1) is 9.03. The van der Waals surface area contributed by atoms with E-state index in [1.807, 2.05) is 0 Å². The number of hydrogen-bond donors (Lipinski definition) is 2. The molecule has 4 nitrogen and oxygen atoms in total. The Bertz CT molecular complexity index is 152. The van der Waals surface area contributed by atoms with Crippen LogP contribution in [0.5, 0.6) is 0 Å². The normalized spacial score (nSPS) is 13.1. The highest BCUT2D eigenvalue weighted by Crippen LogP contribution is 1.92. The molecule has 0 radical (unpaired) electrons. The van der Waals surface area contributed by atoms with Crippen LogP contribution in [0.1, 0.15) is 13.8 Å². The zero-order valence-electron chi connectivity index (χ0n) is 6.16. The Morgan fingerprint density at radius 2 is 2.30 bits per heavy atom. The minimum Gasteiger partial charge on any atom is -0.541 e. The maximum Gasteiger partial charge on any atom is 0.503 e. The van der Waals surface area contributed by atoms with Crippen LogP contribution in [0.3, 0.4) is 0 Å². The molecule has 0 aromatic rings. The average Bonchev–Trinajstić information content (AvgIpc) is 1.85. The molecule has 5 heteroatoms. The third-order valence-electron chi connectivity index (χ3n) is 0.742. The Balaban J connectivity index is 3.79. The van der Waals surface area contributed by atoms with Crippen LogP contribution in [-0.2, 0) is 4.65 Å². The van der Waals surface area contributed by atoms with E-state index in [0.29, 0.717) is 11.6 Å². The lowest BCUT2D eigenvalue weighted by molar-refractivity contribution is 0.370. The van der Waals surface area contributed by atoms with Crippen LogP contribution < -0.4 is 5.73 Å². The number of allylic oxidation sites excluding steroid dienone is 1. The van der Waals surface area contributed by atoms with Crippen LogP contribution in [0.4, 0.5) is 0 Å². The van der Waals surface area contributed by atoms with Gasteiger partial charge in [0.1, 0.15) is 0 Å². The molecule has 0 aromatic heterocycles. The molecule has 10 heavy (non-hydrogen) atoms. The first-order chi connectivity index (χ1) is 4.66. The molecule has 3 N–H and O–H groups in total. The smallest absolute Gasteiger partial charge is 0.503 e. The number of hydrogen-bond acceptors (Lipinski definition) is 3. The average molecular weight is 142 g/mol. The second kappa shape index (κ2) is 4.87. The number of amidine groups is 1. The number of rotatable bonds is 3. The lowest BCUT2D eigenvalue weighted by atomic mass is 10.4. The van der Waals surface area contributed by atoms with Gasteiger partial charge >= 0.3 is 7.69 Å². The number of aliphatic imine (C=N–C) groups is 1. The van der Waals surface area contributed by atoms with Crippen molar-refractivity contribution < 1.29 is 9.68 Å². The van der Waals surface area contributed by atoms with Gasteiger partial charge in [-0.05, 0) is 13.8 Å². The van der Waals surface area contributed by atoms with Crippen LogP contribution >= 0.6 is 0 Å². The van der Waals surface area contributed by atoms with E-state index in [2.05, 4.69) is 9.65 Å². The van der Waals surface area contributed by atoms with E-state index in [-0.39, 0.29) is 7.69 Å². The van der Waals surface area contributed by atoms with Gasteiger partial charge in [-0.3, -0.25) is 0 Å². The third-order valence-corrected chi connectivity index (χ3v) is 0.742. The van der Waals surface area contributed by atoms with Gasteiger partial charge in [0.25, 0.3) is 0 Å². The summed E-state index contributed by atoms with van der Waals surface area (Å²) < 4.78 is 4.65. The fourth-order valence-corrected chi connectivity index (χ4v) is 0.332. The van der Waals surface area contributed by atoms with Crippen molar-refractivity contribution in [2.24, 2.45) is 10.7 Å². The molecule has 0 rings (SSSR count).